The molecule has 1 rings (SSSR count). The molecule has 2 nitrogen and oxygen atoms in total. The summed E-state index contributed by atoms with van der Waals surface area (Å²) in [4.78, 5) is 3.14. The van der Waals surface area contributed by atoms with Crippen molar-refractivity contribution >= 4 is 22.6 Å². The number of halogens is 1. The minimum absolute atomic E-state index is 0.139. The molecule has 0 heterocycles. The summed E-state index contributed by atoms with van der Waals surface area (Å²) in [6.07, 6.45) is -0.641. The second kappa shape index (κ2) is 4.43. The Morgan fingerprint density at radius 2 is 2.33 bits per heavy atom. The Bertz CT molecular complexity index is 306. The second-order valence-electron chi connectivity index (χ2n) is 2.41. The first-order valence-electron chi connectivity index (χ1n) is 3.51. The van der Waals surface area contributed by atoms with E-state index in [0.29, 0.717) is 0 Å². The number of aliphatic hydroxyl groups is 1. The van der Waals surface area contributed by atoms with Crippen molar-refractivity contribution < 1.29 is 5.11 Å². The molecule has 1 N–H and O–H groups in total. The summed E-state index contributed by atoms with van der Waals surface area (Å²) >= 11 is 2.18. The highest BCUT2D eigenvalue weighted by molar-refractivity contribution is 14.1. The minimum atomic E-state index is -0.641. The summed E-state index contributed by atoms with van der Waals surface area (Å²) in [5.74, 6) is 0. The molecule has 3 heteroatoms. The molecule has 0 bridgehead atoms. The highest BCUT2D eigenvalue weighted by Crippen LogP contribution is 2.15. The van der Waals surface area contributed by atoms with E-state index < -0.39 is 6.10 Å². The van der Waals surface area contributed by atoms with E-state index in [1.54, 1.807) is 0 Å². The number of aliphatic hydroxyl groups excluding tert-OH is 1. The largest absolute Gasteiger partial charge is 0.381 e. The van der Waals surface area contributed by atoms with Gasteiger partial charge in [0, 0.05) is 3.57 Å². The maximum atomic E-state index is 9.43. The van der Waals surface area contributed by atoms with Crippen LogP contribution in [-0.2, 0) is 0 Å². The Morgan fingerprint density at radius 1 is 1.58 bits per heavy atom. The Hall–Kier alpha value is -0.600. The predicted molar refractivity (Wildman–Crippen MR) is 55.6 cm³/mol. The molecule has 0 saturated carbocycles. The Kier molecular flexibility index (Phi) is 3.50. The van der Waals surface area contributed by atoms with Crippen molar-refractivity contribution in [3.63, 3.8) is 0 Å². The lowest BCUT2D eigenvalue weighted by Gasteiger charge is -2.03. The maximum absolute atomic E-state index is 9.43. The maximum Gasteiger partial charge on any atom is 0.244 e. The van der Waals surface area contributed by atoms with Gasteiger partial charge in [0.1, 0.15) is 0 Å². The summed E-state index contributed by atoms with van der Waals surface area (Å²) in [5.41, 5.74) is 0.818. The van der Waals surface area contributed by atoms with Crippen LogP contribution in [-0.4, -0.2) is 11.7 Å². The van der Waals surface area contributed by atoms with Crippen LogP contribution in [0.2, 0.25) is 0 Å². The minimum Gasteiger partial charge on any atom is -0.381 e. The number of nitrogens with zero attached hydrogens (tertiary/aromatic N) is 1. The number of hydrogen-bond donors (Lipinski definition) is 1. The zero-order valence-corrected chi connectivity index (χ0v) is 8.52. The molecule has 0 fully saturated rings. The molecule has 0 radical (unpaired) electrons. The summed E-state index contributed by atoms with van der Waals surface area (Å²) in [5, 5.41) is 9.43. The molecule has 1 aromatic rings. The third-order valence-electron chi connectivity index (χ3n) is 1.50. The normalized spacial score (nSPS) is 12.1. The van der Waals surface area contributed by atoms with Crippen LogP contribution in [0.3, 0.4) is 0 Å². The zero-order chi connectivity index (χ0) is 8.97. The van der Waals surface area contributed by atoms with Crippen LogP contribution in [0.5, 0.6) is 0 Å². The lowest BCUT2D eigenvalue weighted by molar-refractivity contribution is 0.195. The molecule has 1 atom stereocenters. The first-order chi connectivity index (χ1) is 5.74. The first-order valence-corrected chi connectivity index (χ1v) is 4.58. The Balaban J connectivity index is 2.82. The molecule has 0 aliphatic rings. The van der Waals surface area contributed by atoms with Crippen LogP contribution >= 0.6 is 22.6 Å². The van der Waals surface area contributed by atoms with Crippen LogP contribution in [0, 0.1) is 10.1 Å². The van der Waals surface area contributed by atoms with Gasteiger partial charge in [-0.25, -0.2) is 6.57 Å². The highest BCUT2D eigenvalue weighted by atomic mass is 127. The Labute approximate surface area is 85.2 Å². The molecule has 12 heavy (non-hydrogen) atoms. The van der Waals surface area contributed by atoms with E-state index in [1.165, 1.54) is 0 Å². The summed E-state index contributed by atoms with van der Waals surface area (Å²) < 4.78 is 1.08. The van der Waals surface area contributed by atoms with Gasteiger partial charge in [-0.2, -0.15) is 0 Å². The smallest absolute Gasteiger partial charge is 0.244 e. The van der Waals surface area contributed by atoms with Gasteiger partial charge in [-0.15, -0.1) is 0 Å². The zero-order valence-electron chi connectivity index (χ0n) is 6.37. The van der Waals surface area contributed by atoms with Crippen molar-refractivity contribution in [2.45, 2.75) is 6.10 Å². The van der Waals surface area contributed by atoms with Gasteiger partial charge >= 0.3 is 0 Å². The van der Waals surface area contributed by atoms with Crippen molar-refractivity contribution in [2.24, 2.45) is 0 Å². The lowest BCUT2D eigenvalue weighted by Crippen LogP contribution is -1.99. The van der Waals surface area contributed by atoms with Crippen molar-refractivity contribution in [2.75, 3.05) is 6.54 Å². The molecule has 1 unspecified atom stereocenters. The van der Waals surface area contributed by atoms with Gasteiger partial charge in [0.05, 0.1) is 0 Å². The summed E-state index contributed by atoms with van der Waals surface area (Å²) in [7, 11) is 0. The molecule has 62 valence electrons. The van der Waals surface area contributed by atoms with Gasteiger partial charge in [0.2, 0.25) is 6.54 Å². The SMILES string of the molecule is [C-]#[N+]CC(O)c1cccc(I)c1. The molecule has 0 spiro atoms. The van der Waals surface area contributed by atoms with Gasteiger partial charge in [0.25, 0.3) is 0 Å². The topological polar surface area (TPSA) is 24.6 Å². The molecule has 0 amide bonds. The fraction of sp³-hybridized carbons (Fsp3) is 0.222. The predicted octanol–water partition coefficient (Wildman–Crippen LogP) is 2.24. The summed E-state index contributed by atoms with van der Waals surface area (Å²) in [6, 6.07) is 7.55. The highest BCUT2D eigenvalue weighted by Gasteiger charge is 2.09. The number of rotatable bonds is 2. The quantitative estimate of drug-likeness (QED) is 0.648. The molecule has 0 aliphatic carbocycles. The number of benzene rings is 1. The average molecular weight is 273 g/mol. The van der Waals surface area contributed by atoms with Gasteiger partial charge in [0.15, 0.2) is 6.10 Å². The van der Waals surface area contributed by atoms with Gasteiger partial charge < -0.3 is 9.95 Å². The van der Waals surface area contributed by atoms with Crippen LogP contribution in [0.15, 0.2) is 24.3 Å². The van der Waals surface area contributed by atoms with Gasteiger partial charge in [-0.1, -0.05) is 12.1 Å². The van der Waals surface area contributed by atoms with Crippen molar-refractivity contribution in [1.29, 1.82) is 0 Å². The summed E-state index contributed by atoms with van der Waals surface area (Å²) in [6.45, 7) is 6.74. The van der Waals surface area contributed by atoms with E-state index in [4.69, 9.17) is 6.57 Å². The lowest BCUT2D eigenvalue weighted by atomic mass is 10.1. The van der Waals surface area contributed by atoms with E-state index >= 15 is 0 Å². The van der Waals surface area contributed by atoms with Crippen LogP contribution in [0.4, 0.5) is 0 Å². The number of hydrogen-bond acceptors (Lipinski definition) is 1. The van der Waals surface area contributed by atoms with E-state index in [0.717, 1.165) is 9.13 Å². The van der Waals surface area contributed by atoms with Crippen LogP contribution in [0.25, 0.3) is 4.85 Å². The molecule has 1 aromatic carbocycles. The van der Waals surface area contributed by atoms with Crippen molar-refractivity contribution in [3.8, 4) is 0 Å². The molecular weight excluding hydrogens is 265 g/mol. The Morgan fingerprint density at radius 3 is 2.92 bits per heavy atom. The van der Waals surface area contributed by atoms with E-state index in [2.05, 4.69) is 27.4 Å². The first kappa shape index (κ1) is 9.49. The standard InChI is InChI=1S/C9H8INO/c1-11-6-9(12)7-3-2-4-8(10)5-7/h2-5,9,12H,6H2. The second-order valence-corrected chi connectivity index (χ2v) is 3.66. The fourth-order valence-corrected chi connectivity index (χ4v) is 1.47. The molecule has 0 aromatic heterocycles. The van der Waals surface area contributed by atoms with Crippen molar-refractivity contribution in [3.05, 3.63) is 44.8 Å². The third-order valence-corrected chi connectivity index (χ3v) is 2.17. The molecule has 0 saturated heterocycles. The van der Waals surface area contributed by atoms with Crippen LogP contribution < -0.4 is 0 Å². The van der Waals surface area contributed by atoms with E-state index in [1.807, 2.05) is 24.3 Å². The third kappa shape index (κ3) is 2.47. The molecule has 0 aliphatic heterocycles. The van der Waals surface area contributed by atoms with Gasteiger partial charge in [-0.05, 0) is 40.3 Å². The molecular formula is C9H8INO. The van der Waals surface area contributed by atoms with Gasteiger partial charge in [-0.3, -0.25) is 0 Å². The van der Waals surface area contributed by atoms with E-state index in [9.17, 15) is 5.11 Å². The fourth-order valence-electron chi connectivity index (χ4n) is 0.906. The van der Waals surface area contributed by atoms with E-state index in [-0.39, 0.29) is 6.54 Å². The average Bonchev–Trinajstić information content (AvgIpc) is 2.05. The van der Waals surface area contributed by atoms with Crippen molar-refractivity contribution in [1.82, 2.24) is 0 Å². The monoisotopic (exact) mass is 273 g/mol. The van der Waals surface area contributed by atoms with Crippen LogP contribution in [0.1, 0.15) is 11.7 Å².